The maximum atomic E-state index is 12.5. The number of carbonyl (C=O) groups is 2. The van der Waals surface area contributed by atoms with Crippen LogP contribution in [0.25, 0.3) is 10.2 Å². The minimum Gasteiger partial charge on any atom is -0.352 e. The number of benzene rings is 2. The zero-order chi connectivity index (χ0) is 21.8. The molecule has 0 bridgehead atoms. The fraction of sp³-hybridized carbons (Fsp3) is 0.348. The maximum absolute atomic E-state index is 12.5. The Hall–Kier alpha value is -2.48. The molecule has 31 heavy (non-hydrogen) atoms. The standard InChI is InChI=1S/C23H25ClN4O2S/c1-2-25-22(30)16-4-3-5-18(12-16)26-21(29)14-28-10-8-15(9-11-28)23-27-19-13-17(24)6-7-20(19)31-23/h3-7,12-13,15H,2,8-11,14H2,1H3,(H,25,30)(H,26,29). The predicted molar refractivity (Wildman–Crippen MR) is 126 cm³/mol. The number of piperidine rings is 1. The lowest BCUT2D eigenvalue weighted by Gasteiger charge is -2.30. The molecular formula is C23H25ClN4O2S. The summed E-state index contributed by atoms with van der Waals surface area (Å²) in [6.45, 7) is 4.49. The van der Waals surface area contributed by atoms with Crippen molar-refractivity contribution < 1.29 is 9.59 Å². The Morgan fingerprint density at radius 2 is 2.00 bits per heavy atom. The van der Waals surface area contributed by atoms with Crippen molar-refractivity contribution in [3.05, 3.63) is 58.1 Å². The first-order valence-electron chi connectivity index (χ1n) is 10.5. The van der Waals surface area contributed by atoms with Gasteiger partial charge in [-0.1, -0.05) is 17.7 Å². The fourth-order valence-corrected chi connectivity index (χ4v) is 5.12. The molecule has 162 valence electrons. The van der Waals surface area contributed by atoms with E-state index in [4.69, 9.17) is 16.6 Å². The van der Waals surface area contributed by atoms with E-state index in [1.54, 1.807) is 35.6 Å². The smallest absolute Gasteiger partial charge is 0.251 e. The molecule has 1 aliphatic rings. The van der Waals surface area contributed by atoms with Crippen LogP contribution in [0.2, 0.25) is 5.02 Å². The number of halogens is 1. The van der Waals surface area contributed by atoms with E-state index in [0.29, 0.717) is 35.3 Å². The van der Waals surface area contributed by atoms with Gasteiger partial charge in [0.2, 0.25) is 5.91 Å². The normalized spacial score (nSPS) is 15.2. The molecule has 1 aliphatic heterocycles. The van der Waals surface area contributed by atoms with Gasteiger partial charge in [-0.3, -0.25) is 14.5 Å². The third-order valence-corrected chi connectivity index (χ3v) is 6.85. The number of anilines is 1. The molecule has 4 rings (SSSR count). The Balaban J connectivity index is 1.30. The third kappa shape index (κ3) is 5.42. The molecule has 1 aromatic heterocycles. The highest BCUT2D eigenvalue weighted by Gasteiger charge is 2.24. The molecule has 2 aromatic carbocycles. The molecule has 0 spiro atoms. The Morgan fingerprint density at radius 1 is 1.19 bits per heavy atom. The Morgan fingerprint density at radius 3 is 2.77 bits per heavy atom. The second-order valence-corrected chi connectivity index (χ2v) is 9.20. The first kappa shape index (κ1) is 21.7. The number of carbonyl (C=O) groups excluding carboxylic acids is 2. The summed E-state index contributed by atoms with van der Waals surface area (Å²) in [5.74, 6) is 0.211. The lowest BCUT2D eigenvalue weighted by Crippen LogP contribution is -2.38. The van der Waals surface area contributed by atoms with Crippen molar-refractivity contribution in [3.8, 4) is 0 Å². The van der Waals surface area contributed by atoms with Gasteiger partial charge in [-0.15, -0.1) is 11.3 Å². The van der Waals surface area contributed by atoms with Gasteiger partial charge in [-0.2, -0.15) is 0 Å². The van der Waals surface area contributed by atoms with E-state index in [9.17, 15) is 9.59 Å². The van der Waals surface area contributed by atoms with Gasteiger partial charge in [-0.25, -0.2) is 4.98 Å². The summed E-state index contributed by atoms with van der Waals surface area (Å²) in [5.41, 5.74) is 2.14. The van der Waals surface area contributed by atoms with Crippen molar-refractivity contribution in [1.82, 2.24) is 15.2 Å². The van der Waals surface area contributed by atoms with E-state index in [2.05, 4.69) is 15.5 Å². The summed E-state index contributed by atoms with van der Waals surface area (Å²) in [4.78, 5) is 31.4. The molecule has 2 heterocycles. The Kier molecular flexibility index (Phi) is 6.85. The highest BCUT2D eigenvalue weighted by molar-refractivity contribution is 7.18. The van der Waals surface area contributed by atoms with Crippen molar-refractivity contribution in [2.45, 2.75) is 25.7 Å². The van der Waals surface area contributed by atoms with Gasteiger partial charge < -0.3 is 10.6 Å². The summed E-state index contributed by atoms with van der Waals surface area (Å²) in [5, 5.41) is 7.54. The minimum atomic E-state index is -0.141. The van der Waals surface area contributed by atoms with Crippen molar-refractivity contribution in [1.29, 1.82) is 0 Å². The van der Waals surface area contributed by atoms with Gasteiger partial charge in [-0.05, 0) is 69.3 Å². The number of hydrogen-bond donors (Lipinski definition) is 2. The van der Waals surface area contributed by atoms with Gasteiger partial charge in [0.25, 0.3) is 5.91 Å². The minimum absolute atomic E-state index is 0.0684. The van der Waals surface area contributed by atoms with Crippen LogP contribution in [-0.2, 0) is 4.79 Å². The molecule has 2 amide bonds. The molecule has 0 unspecified atom stereocenters. The number of likely N-dealkylation sites (tertiary alicyclic amines) is 1. The average Bonchev–Trinajstić information content (AvgIpc) is 3.17. The summed E-state index contributed by atoms with van der Waals surface area (Å²) in [6.07, 6.45) is 1.96. The lowest BCUT2D eigenvalue weighted by molar-refractivity contribution is -0.117. The Bertz CT molecular complexity index is 1090. The number of nitrogens with zero attached hydrogens (tertiary/aromatic N) is 2. The molecule has 0 atom stereocenters. The van der Waals surface area contributed by atoms with Crippen LogP contribution in [0.5, 0.6) is 0 Å². The molecule has 3 aromatic rings. The number of rotatable bonds is 6. The molecule has 1 fully saturated rings. The van der Waals surface area contributed by atoms with Gasteiger partial charge >= 0.3 is 0 Å². The van der Waals surface area contributed by atoms with Crippen LogP contribution in [0.3, 0.4) is 0 Å². The topological polar surface area (TPSA) is 74.3 Å². The fourth-order valence-electron chi connectivity index (χ4n) is 3.84. The number of hydrogen-bond acceptors (Lipinski definition) is 5. The van der Waals surface area contributed by atoms with Crippen LogP contribution in [0.1, 0.15) is 41.0 Å². The summed E-state index contributed by atoms with van der Waals surface area (Å²) < 4.78 is 1.16. The van der Waals surface area contributed by atoms with Gasteiger partial charge in [0.1, 0.15) is 0 Å². The van der Waals surface area contributed by atoms with Gasteiger partial charge in [0, 0.05) is 28.7 Å². The molecular weight excluding hydrogens is 432 g/mol. The second kappa shape index (κ2) is 9.77. The van der Waals surface area contributed by atoms with Crippen molar-refractivity contribution in [2.24, 2.45) is 0 Å². The molecule has 0 aliphatic carbocycles. The van der Waals surface area contributed by atoms with Crippen LogP contribution in [0, 0.1) is 0 Å². The number of fused-ring (bicyclic) bond motifs is 1. The van der Waals surface area contributed by atoms with E-state index in [0.717, 1.165) is 41.2 Å². The first-order chi connectivity index (χ1) is 15.0. The van der Waals surface area contributed by atoms with Crippen molar-refractivity contribution in [3.63, 3.8) is 0 Å². The largest absolute Gasteiger partial charge is 0.352 e. The summed E-state index contributed by atoms with van der Waals surface area (Å²) >= 11 is 7.81. The van der Waals surface area contributed by atoms with Gasteiger partial charge in [0.05, 0.1) is 21.8 Å². The SMILES string of the molecule is CCNC(=O)c1cccc(NC(=O)CN2CCC(c3nc4cc(Cl)ccc4s3)CC2)c1. The monoisotopic (exact) mass is 456 g/mol. The zero-order valence-electron chi connectivity index (χ0n) is 17.4. The molecule has 6 nitrogen and oxygen atoms in total. The molecule has 1 saturated heterocycles. The Labute approximate surface area is 190 Å². The number of nitrogens with one attached hydrogen (secondary N) is 2. The van der Waals surface area contributed by atoms with Crippen molar-refractivity contribution in [2.75, 3.05) is 31.5 Å². The number of thiazole rings is 1. The molecule has 0 saturated carbocycles. The van der Waals surface area contributed by atoms with E-state index >= 15 is 0 Å². The first-order valence-corrected chi connectivity index (χ1v) is 11.7. The van der Waals surface area contributed by atoms with E-state index in [-0.39, 0.29) is 11.8 Å². The van der Waals surface area contributed by atoms with E-state index < -0.39 is 0 Å². The van der Waals surface area contributed by atoms with E-state index in [1.807, 2.05) is 25.1 Å². The highest BCUT2D eigenvalue weighted by atomic mass is 35.5. The van der Waals surface area contributed by atoms with Crippen LogP contribution in [0.4, 0.5) is 5.69 Å². The number of amides is 2. The van der Waals surface area contributed by atoms with E-state index in [1.165, 1.54) is 0 Å². The summed E-state index contributed by atoms with van der Waals surface area (Å²) in [7, 11) is 0. The van der Waals surface area contributed by atoms with Crippen LogP contribution in [0.15, 0.2) is 42.5 Å². The van der Waals surface area contributed by atoms with Gasteiger partial charge in [0.15, 0.2) is 0 Å². The third-order valence-electron chi connectivity index (χ3n) is 5.42. The summed E-state index contributed by atoms with van der Waals surface area (Å²) in [6, 6.07) is 12.9. The molecule has 2 N–H and O–H groups in total. The zero-order valence-corrected chi connectivity index (χ0v) is 18.9. The van der Waals surface area contributed by atoms with Crippen LogP contribution < -0.4 is 10.6 Å². The molecule has 8 heteroatoms. The van der Waals surface area contributed by atoms with Crippen LogP contribution >= 0.6 is 22.9 Å². The second-order valence-electron chi connectivity index (χ2n) is 7.70. The quantitative estimate of drug-likeness (QED) is 0.572. The van der Waals surface area contributed by atoms with Crippen LogP contribution in [-0.4, -0.2) is 47.9 Å². The maximum Gasteiger partial charge on any atom is 0.251 e. The highest BCUT2D eigenvalue weighted by Crippen LogP contribution is 2.34. The predicted octanol–water partition coefficient (Wildman–Crippen LogP) is 4.52. The lowest BCUT2D eigenvalue weighted by atomic mass is 9.97. The molecule has 0 radical (unpaired) electrons. The van der Waals surface area contributed by atoms with Crippen molar-refractivity contribution >= 4 is 50.7 Å². The number of aromatic nitrogens is 1. The average molecular weight is 457 g/mol.